The molecule has 1 aromatic carbocycles. The normalized spacial score (nSPS) is 16.5. The van der Waals surface area contributed by atoms with Gasteiger partial charge in [-0.25, -0.2) is 9.37 Å². The van der Waals surface area contributed by atoms with Gasteiger partial charge in [-0.2, -0.15) is 5.10 Å². The van der Waals surface area contributed by atoms with Crippen LogP contribution in [0.4, 0.5) is 4.39 Å². The molecule has 0 saturated carbocycles. The number of nitrogens with one attached hydrogen (secondary N) is 1. The zero-order valence-electron chi connectivity index (χ0n) is 14.0. The number of nitrogens with zero attached hydrogens (tertiary/aromatic N) is 4. The average molecular weight is 347 g/mol. The topological polar surface area (TPSA) is 72.3 Å². The monoisotopic (exact) mass is 347 g/mol. The van der Waals surface area contributed by atoms with E-state index in [-0.39, 0.29) is 17.8 Å². The van der Waals surface area contributed by atoms with Gasteiger partial charge in [0, 0.05) is 26.1 Å². The number of morpholine rings is 1. The predicted molar refractivity (Wildman–Crippen MR) is 89.2 cm³/mol. The lowest BCUT2D eigenvalue weighted by Gasteiger charge is -2.35. The minimum Gasteiger partial charge on any atom is -0.379 e. The summed E-state index contributed by atoms with van der Waals surface area (Å²) in [4.78, 5) is 18.2. The summed E-state index contributed by atoms with van der Waals surface area (Å²) < 4.78 is 20.3. The first-order valence-corrected chi connectivity index (χ1v) is 8.39. The standard InChI is InChI=1S/C17H22FN5O2/c18-15-3-1-14(2-4-15)16(22-7-9-25-10-8-22)11-20-17(24)5-6-23-13-19-12-21-23/h1-4,12-13,16H,5-11H2,(H,20,24)/t16-/m1/s1. The maximum atomic E-state index is 13.2. The number of halogens is 1. The lowest BCUT2D eigenvalue weighted by atomic mass is 10.0. The third kappa shape index (κ3) is 5.07. The average Bonchev–Trinajstić information content (AvgIpc) is 3.16. The predicted octanol–water partition coefficient (Wildman–Crippen LogP) is 0.997. The first-order valence-electron chi connectivity index (χ1n) is 8.39. The SMILES string of the molecule is O=C(CCn1cncn1)NC[C@H](c1ccc(F)cc1)N1CCOCC1. The molecular formula is C17H22FN5O2. The Bertz CT molecular complexity index is 656. The molecule has 0 radical (unpaired) electrons. The van der Waals surface area contributed by atoms with E-state index in [9.17, 15) is 9.18 Å². The van der Waals surface area contributed by atoms with Crippen LogP contribution < -0.4 is 5.32 Å². The van der Waals surface area contributed by atoms with Gasteiger partial charge in [0.1, 0.15) is 18.5 Å². The minimum absolute atomic E-state index is 0.000167. The van der Waals surface area contributed by atoms with E-state index in [0.717, 1.165) is 18.7 Å². The Kier molecular flexibility index (Phi) is 6.08. The largest absolute Gasteiger partial charge is 0.379 e. The number of aryl methyl sites for hydroxylation is 1. The number of aromatic nitrogens is 3. The second-order valence-corrected chi connectivity index (χ2v) is 5.93. The van der Waals surface area contributed by atoms with Gasteiger partial charge in [-0.05, 0) is 17.7 Å². The molecule has 0 aliphatic carbocycles. The van der Waals surface area contributed by atoms with Crippen LogP contribution in [0, 0.1) is 5.82 Å². The number of hydrogen-bond donors (Lipinski definition) is 1. The summed E-state index contributed by atoms with van der Waals surface area (Å²) in [7, 11) is 0. The van der Waals surface area contributed by atoms with E-state index >= 15 is 0 Å². The Morgan fingerprint density at radius 2 is 2.04 bits per heavy atom. The third-order valence-corrected chi connectivity index (χ3v) is 4.27. The molecule has 25 heavy (non-hydrogen) atoms. The van der Waals surface area contributed by atoms with Crippen molar-refractivity contribution < 1.29 is 13.9 Å². The van der Waals surface area contributed by atoms with Gasteiger partial charge < -0.3 is 10.1 Å². The van der Waals surface area contributed by atoms with Crippen LogP contribution in [0.5, 0.6) is 0 Å². The van der Waals surface area contributed by atoms with Gasteiger partial charge in [0.15, 0.2) is 0 Å². The molecule has 1 saturated heterocycles. The van der Waals surface area contributed by atoms with Crippen LogP contribution in [-0.4, -0.2) is 58.4 Å². The molecule has 1 N–H and O–H groups in total. The fourth-order valence-corrected chi connectivity index (χ4v) is 2.90. The highest BCUT2D eigenvalue weighted by Gasteiger charge is 2.23. The van der Waals surface area contributed by atoms with Crippen molar-refractivity contribution in [3.8, 4) is 0 Å². The van der Waals surface area contributed by atoms with Crippen molar-refractivity contribution in [1.29, 1.82) is 0 Å². The Morgan fingerprint density at radius 3 is 2.72 bits per heavy atom. The van der Waals surface area contributed by atoms with Crippen molar-refractivity contribution in [3.63, 3.8) is 0 Å². The molecular weight excluding hydrogens is 325 g/mol. The Hall–Kier alpha value is -2.32. The smallest absolute Gasteiger partial charge is 0.221 e. The molecule has 1 aliphatic heterocycles. The molecule has 1 fully saturated rings. The zero-order valence-corrected chi connectivity index (χ0v) is 14.0. The van der Waals surface area contributed by atoms with Crippen molar-refractivity contribution in [3.05, 3.63) is 48.3 Å². The Balaban J connectivity index is 1.58. The maximum Gasteiger partial charge on any atom is 0.221 e. The Labute approximate surface area is 145 Å². The number of rotatable bonds is 7. The molecule has 7 nitrogen and oxygen atoms in total. The van der Waals surface area contributed by atoms with Gasteiger partial charge in [0.05, 0.1) is 25.8 Å². The van der Waals surface area contributed by atoms with Crippen LogP contribution in [0.2, 0.25) is 0 Å². The molecule has 1 aromatic heterocycles. The molecule has 1 atom stereocenters. The van der Waals surface area contributed by atoms with Crippen molar-refractivity contribution in [2.75, 3.05) is 32.8 Å². The van der Waals surface area contributed by atoms with Gasteiger partial charge in [0.25, 0.3) is 0 Å². The lowest BCUT2D eigenvalue weighted by Crippen LogP contribution is -2.43. The highest BCUT2D eigenvalue weighted by atomic mass is 19.1. The number of hydrogen-bond acceptors (Lipinski definition) is 5. The van der Waals surface area contributed by atoms with Crippen LogP contribution in [0.3, 0.4) is 0 Å². The van der Waals surface area contributed by atoms with E-state index in [2.05, 4.69) is 20.3 Å². The van der Waals surface area contributed by atoms with E-state index in [1.807, 2.05) is 0 Å². The summed E-state index contributed by atoms with van der Waals surface area (Å²) >= 11 is 0. The summed E-state index contributed by atoms with van der Waals surface area (Å²) in [6.07, 6.45) is 3.37. The first kappa shape index (κ1) is 17.5. The maximum absolute atomic E-state index is 13.2. The second-order valence-electron chi connectivity index (χ2n) is 5.93. The minimum atomic E-state index is -0.263. The fourth-order valence-electron chi connectivity index (χ4n) is 2.90. The fraction of sp³-hybridized carbons (Fsp3) is 0.471. The molecule has 1 amide bonds. The third-order valence-electron chi connectivity index (χ3n) is 4.27. The number of amides is 1. The van der Waals surface area contributed by atoms with Crippen molar-refractivity contribution >= 4 is 5.91 Å². The van der Waals surface area contributed by atoms with Crippen LogP contribution in [0.15, 0.2) is 36.9 Å². The van der Waals surface area contributed by atoms with E-state index in [1.165, 1.54) is 18.5 Å². The van der Waals surface area contributed by atoms with Crippen LogP contribution in [0.1, 0.15) is 18.0 Å². The number of benzene rings is 1. The van der Waals surface area contributed by atoms with Crippen LogP contribution in [0.25, 0.3) is 0 Å². The van der Waals surface area contributed by atoms with Crippen molar-refractivity contribution in [2.45, 2.75) is 19.0 Å². The summed E-state index contributed by atoms with van der Waals surface area (Å²) in [6, 6.07) is 6.46. The number of carbonyl (C=O) groups is 1. The first-order chi connectivity index (χ1) is 12.2. The molecule has 2 aromatic rings. The molecule has 2 heterocycles. The number of carbonyl (C=O) groups excluding carboxylic acids is 1. The van der Waals surface area contributed by atoms with Crippen LogP contribution in [-0.2, 0) is 16.1 Å². The molecule has 0 spiro atoms. The van der Waals surface area contributed by atoms with Gasteiger partial charge >= 0.3 is 0 Å². The van der Waals surface area contributed by atoms with Gasteiger partial charge in [0.2, 0.25) is 5.91 Å². The molecule has 1 aliphatic rings. The van der Waals surface area contributed by atoms with E-state index in [4.69, 9.17) is 4.74 Å². The summed E-state index contributed by atoms with van der Waals surface area (Å²) in [5.74, 6) is -0.308. The van der Waals surface area contributed by atoms with Gasteiger partial charge in [-0.1, -0.05) is 12.1 Å². The molecule has 0 unspecified atom stereocenters. The summed E-state index contributed by atoms with van der Waals surface area (Å²) in [5.41, 5.74) is 0.986. The summed E-state index contributed by atoms with van der Waals surface area (Å²) in [5, 5.41) is 6.96. The van der Waals surface area contributed by atoms with E-state index in [0.29, 0.717) is 32.7 Å². The number of ether oxygens (including phenoxy) is 1. The van der Waals surface area contributed by atoms with Crippen molar-refractivity contribution in [1.82, 2.24) is 25.0 Å². The quantitative estimate of drug-likeness (QED) is 0.809. The highest BCUT2D eigenvalue weighted by Crippen LogP contribution is 2.21. The highest BCUT2D eigenvalue weighted by molar-refractivity contribution is 5.75. The second kappa shape index (κ2) is 8.68. The molecule has 0 bridgehead atoms. The van der Waals surface area contributed by atoms with E-state index < -0.39 is 0 Å². The van der Waals surface area contributed by atoms with Gasteiger partial charge in [-0.15, -0.1) is 0 Å². The molecule has 3 rings (SSSR count). The van der Waals surface area contributed by atoms with Crippen LogP contribution >= 0.6 is 0 Å². The van der Waals surface area contributed by atoms with Crippen molar-refractivity contribution in [2.24, 2.45) is 0 Å². The summed E-state index contributed by atoms with van der Waals surface area (Å²) in [6.45, 7) is 3.87. The Morgan fingerprint density at radius 1 is 1.28 bits per heavy atom. The van der Waals surface area contributed by atoms with E-state index in [1.54, 1.807) is 23.1 Å². The lowest BCUT2D eigenvalue weighted by molar-refractivity contribution is -0.121. The molecule has 134 valence electrons. The molecule has 8 heteroatoms. The van der Waals surface area contributed by atoms with Gasteiger partial charge in [-0.3, -0.25) is 14.4 Å². The zero-order chi connectivity index (χ0) is 17.5.